The van der Waals surface area contributed by atoms with E-state index >= 15 is 0 Å². The molecule has 3 unspecified atom stereocenters. The summed E-state index contributed by atoms with van der Waals surface area (Å²) in [5.74, 6) is 0.396. The molecule has 3 atom stereocenters. The van der Waals surface area contributed by atoms with Gasteiger partial charge in [0.15, 0.2) is 5.78 Å². The molecule has 0 spiro atoms. The summed E-state index contributed by atoms with van der Waals surface area (Å²) in [6.45, 7) is 10.1. The Balaban J connectivity index is 1.60. The largest absolute Gasteiger partial charge is 0.449 e. The van der Waals surface area contributed by atoms with E-state index in [0.717, 1.165) is 36.0 Å². The minimum Gasteiger partial charge on any atom is -0.449 e. The lowest BCUT2D eigenvalue weighted by molar-refractivity contribution is -0.116. The molecule has 1 aromatic carbocycles. The number of fused-ring (bicyclic) bond motifs is 4. The first-order chi connectivity index (χ1) is 14.9. The standard InChI is InChI=1S/C26H34O5S/c1-15(2)20-7-6-8-21(16(3)4)22(20)12-19(27)14-32(29,30)24-13-23-25(31-24)17-9-10-18(11-17)26(23,5)28/h6-8,13,15-18,28H,9-12,14H2,1-5H3. The van der Waals surface area contributed by atoms with Crippen LogP contribution in [0.5, 0.6) is 0 Å². The first-order valence-electron chi connectivity index (χ1n) is 11.6. The lowest BCUT2D eigenvalue weighted by atomic mass is 9.76. The third-order valence-electron chi connectivity index (χ3n) is 7.41. The van der Waals surface area contributed by atoms with E-state index < -0.39 is 21.2 Å². The Hall–Kier alpha value is -1.92. The number of Topliss-reactive ketones (excluding diaryl/α,β-unsaturated/α-hetero) is 1. The van der Waals surface area contributed by atoms with Crippen LogP contribution in [0.4, 0.5) is 0 Å². The van der Waals surface area contributed by atoms with Gasteiger partial charge in [0.1, 0.15) is 11.5 Å². The maximum absolute atomic E-state index is 13.1. The first kappa shape index (κ1) is 23.2. The van der Waals surface area contributed by atoms with E-state index in [1.807, 2.05) is 18.2 Å². The molecule has 6 heteroatoms. The van der Waals surface area contributed by atoms with Crippen LogP contribution in [0.1, 0.15) is 99.6 Å². The van der Waals surface area contributed by atoms with E-state index in [4.69, 9.17) is 4.42 Å². The van der Waals surface area contributed by atoms with Crippen LogP contribution < -0.4 is 0 Å². The predicted octanol–water partition coefficient (Wildman–Crippen LogP) is 5.22. The number of sulfone groups is 1. The number of carbonyl (C=O) groups is 1. The van der Waals surface area contributed by atoms with Crippen LogP contribution in [0.3, 0.4) is 0 Å². The van der Waals surface area contributed by atoms with Crippen LogP contribution in [0.25, 0.3) is 0 Å². The van der Waals surface area contributed by atoms with Gasteiger partial charge in [-0.3, -0.25) is 4.79 Å². The van der Waals surface area contributed by atoms with E-state index in [2.05, 4.69) is 27.7 Å². The fraction of sp³-hybridized carbons (Fsp3) is 0.577. The number of ketones is 1. The number of aliphatic hydroxyl groups is 1. The second-order valence-corrected chi connectivity index (χ2v) is 12.3. The van der Waals surface area contributed by atoms with Gasteiger partial charge in [-0.1, -0.05) is 45.9 Å². The number of benzene rings is 1. The monoisotopic (exact) mass is 458 g/mol. The molecular weight excluding hydrogens is 424 g/mol. The number of furan rings is 1. The highest BCUT2D eigenvalue weighted by molar-refractivity contribution is 7.92. The van der Waals surface area contributed by atoms with Crippen molar-refractivity contribution >= 4 is 15.6 Å². The zero-order chi connectivity index (χ0) is 23.4. The van der Waals surface area contributed by atoms with Gasteiger partial charge in [-0.2, -0.15) is 0 Å². The van der Waals surface area contributed by atoms with Crippen molar-refractivity contribution < 1.29 is 22.7 Å². The zero-order valence-corrected chi connectivity index (χ0v) is 20.5. The Kier molecular flexibility index (Phi) is 5.91. The Bertz CT molecular complexity index is 1110. The molecule has 2 aliphatic carbocycles. The average Bonchev–Trinajstić information content (AvgIpc) is 3.33. The van der Waals surface area contributed by atoms with Crippen molar-refractivity contribution in [3.05, 3.63) is 52.3 Å². The Morgan fingerprint density at radius 2 is 1.78 bits per heavy atom. The fourth-order valence-electron chi connectivity index (χ4n) is 5.62. The van der Waals surface area contributed by atoms with Gasteiger partial charge < -0.3 is 9.52 Å². The molecule has 0 saturated heterocycles. The van der Waals surface area contributed by atoms with Crippen LogP contribution in [0, 0.1) is 5.92 Å². The Labute approximate surface area is 191 Å². The average molecular weight is 459 g/mol. The van der Waals surface area contributed by atoms with Crippen LogP contribution in [-0.2, 0) is 26.7 Å². The summed E-state index contributed by atoms with van der Waals surface area (Å²) in [6, 6.07) is 7.50. The van der Waals surface area contributed by atoms with E-state index in [0.29, 0.717) is 11.3 Å². The Morgan fingerprint density at radius 1 is 1.16 bits per heavy atom. The topological polar surface area (TPSA) is 84.6 Å². The molecule has 4 rings (SSSR count). The van der Waals surface area contributed by atoms with Crippen LogP contribution >= 0.6 is 0 Å². The fourth-order valence-corrected chi connectivity index (χ4v) is 6.81. The van der Waals surface area contributed by atoms with Gasteiger partial charge in [0.25, 0.3) is 0 Å². The molecule has 1 heterocycles. The summed E-state index contributed by atoms with van der Waals surface area (Å²) < 4.78 is 32.0. The van der Waals surface area contributed by atoms with Gasteiger partial charge in [-0.15, -0.1) is 0 Å². The second kappa shape index (κ2) is 8.14. The van der Waals surface area contributed by atoms with Crippen LogP contribution in [-0.4, -0.2) is 25.1 Å². The number of rotatable bonds is 7. The van der Waals surface area contributed by atoms with Crippen LogP contribution in [0.15, 0.2) is 33.8 Å². The highest BCUT2D eigenvalue weighted by atomic mass is 32.2. The number of carbonyl (C=O) groups excluding carboxylic acids is 1. The zero-order valence-electron chi connectivity index (χ0n) is 19.6. The summed E-state index contributed by atoms with van der Waals surface area (Å²) in [5, 5.41) is 10.8. The molecule has 1 N–H and O–H groups in total. The van der Waals surface area contributed by atoms with E-state index in [9.17, 15) is 18.3 Å². The van der Waals surface area contributed by atoms with E-state index in [-0.39, 0.29) is 41.0 Å². The van der Waals surface area contributed by atoms with Gasteiger partial charge in [-0.05, 0) is 60.6 Å². The minimum absolute atomic E-state index is 0.0872. The van der Waals surface area contributed by atoms with Crippen molar-refractivity contribution in [2.75, 3.05) is 5.75 Å². The molecule has 32 heavy (non-hydrogen) atoms. The SMILES string of the molecule is CC(C)c1cccc(C(C)C)c1CC(=O)CS(=O)(=O)c1cc2c(o1)C1CCC(C1)C2(C)O. The molecule has 2 aliphatic rings. The molecular formula is C26H34O5S. The smallest absolute Gasteiger partial charge is 0.219 e. The molecule has 0 radical (unpaired) electrons. The first-order valence-corrected chi connectivity index (χ1v) is 13.3. The van der Waals surface area contributed by atoms with Gasteiger partial charge in [-0.25, -0.2) is 8.42 Å². The molecule has 2 bridgehead atoms. The van der Waals surface area contributed by atoms with Crippen molar-refractivity contribution in [2.45, 2.75) is 88.7 Å². The lowest BCUT2D eigenvalue weighted by Crippen LogP contribution is -2.33. The van der Waals surface area contributed by atoms with E-state index in [1.54, 1.807) is 6.92 Å². The summed E-state index contributed by atoms with van der Waals surface area (Å²) in [7, 11) is -3.93. The molecule has 1 aromatic heterocycles. The molecule has 1 fully saturated rings. The summed E-state index contributed by atoms with van der Waals surface area (Å²) in [5.41, 5.74) is 2.60. The van der Waals surface area contributed by atoms with Crippen molar-refractivity contribution in [1.82, 2.24) is 0 Å². The van der Waals surface area contributed by atoms with Crippen molar-refractivity contribution in [2.24, 2.45) is 5.92 Å². The normalized spacial score (nSPS) is 24.9. The van der Waals surface area contributed by atoms with E-state index in [1.165, 1.54) is 6.07 Å². The second-order valence-electron chi connectivity index (χ2n) is 10.4. The van der Waals surface area contributed by atoms with Crippen molar-refractivity contribution in [3.8, 4) is 0 Å². The molecule has 174 valence electrons. The molecule has 1 saturated carbocycles. The van der Waals surface area contributed by atoms with Crippen molar-refractivity contribution in [1.29, 1.82) is 0 Å². The molecule has 0 aliphatic heterocycles. The summed E-state index contributed by atoms with van der Waals surface area (Å²) in [4.78, 5) is 13.0. The summed E-state index contributed by atoms with van der Waals surface area (Å²) in [6.07, 6.45) is 2.71. The van der Waals surface area contributed by atoms with Gasteiger partial charge in [0.2, 0.25) is 14.9 Å². The Morgan fingerprint density at radius 3 is 2.38 bits per heavy atom. The lowest BCUT2D eigenvalue weighted by Gasteiger charge is -2.33. The maximum Gasteiger partial charge on any atom is 0.219 e. The molecule has 2 aromatic rings. The highest BCUT2D eigenvalue weighted by Gasteiger charge is 2.49. The molecule has 5 nitrogen and oxygen atoms in total. The number of hydrogen-bond donors (Lipinski definition) is 1. The van der Waals surface area contributed by atoms with Crippen LogP contribution in [0.2, 0.25) is 0 Å². The highest BCUT2D eigenvalue weighted by Crippen LogP contribution is 2.55. The maximum atomic E-state index is 13.1. The third-order valence-corrected chi connectivity index (χ3v) is 8.92. The van der Waals surface area contributed by atoms with Gasteiger partial charge in [0, 0.05) is 24.0 Å². The van der Waals surface area contributed by atoms with Crippen molar-refractivity contribution in [3.63, 3.8) is 0 Å². The minimum atomic E-state index is -3.93. The number of hydrogen-bond acceptors (Lipinski definition) is 5. The van der Waals surface area contributed by atoms with Gasteiger partial charge >= 0.3 is 0 Å². The van der Waals surface area contributed by atoms with Gasteiger partial charge in [0.05, 0.1) is 5.60 Å². The molecule has 0 amide bonds. The summed E-state index contributed by atoms with van der Waals surface area (Å²) >= 11 is 0. The third kappa shape index (κ3) is 3.96. The predicted molar refractivity (Wildman–Crippen MR) is 124 cm³/mol. The quantitative estimate of drug-likeness (QED) is 0.615.